The van der Waals surface area contributed by atoms with E-state index >= 15 is 0 Å². The Morgan fingerprint density at radius 3 is 1.79 bits per heavy atom. The molecule has 0 aromatic rings. The van der Waals surface area contributed by atoms with Crippen molar-refractivity contribution in [2.75, 3.05) is 19.4 Å². The fourth-order valence-corrected chi connectivity index (χ4v) is 2.47. The number of carbonyl (C=O) groups excluding carboxylic acids is 2. The average molecular weight is 364 g/mol. The third-order valence-electron chi connectivity index (χ3n) is 3.32. The van der Waals surface area contributed by atoms with Gasteiger partial charge in [0.15, 0.2) is 0 Å². The van der Waals surface area contributed by atoms with E-state index in [0.29, 0.717) is 13.2 Å². The van der Waals surface area contributed by atoms with Gasteiger partial charge in [0.05, 0.1) is 25.8 Å². The van der Waals surface area contributed by atoms with E-state index < -0.39 is 19.7 Å². The van der Waals surface area contributed by atoms with E-state index in [9.17, 15) is 14.2 Å². The summed E-state index contributed by atoms with van der Waals surface area (Å²) in [6.45, 7) is 4.07. The minimum Gasteiger partial charge on any atom is -0.466 e. The van der Waals surface area contributed by atoms with Gasteiger partial charge in [0, 0.05) is 6.08 Å². The van der Waals surface area contributed by atoms with Crippen molar-refractivity contribution in [3.05, 3.63) is 12.7 Å². The third kappa shape index (κ3) is 17.2. The molecular weight excluding hydrogens is 335 g/mol. The predicted octanol–water partition coefficient (Wildman–Crippen LogP) is 2.95. The van der Waals surface area contributed by atoms with Crippen molar-refractivity contribution in [2.24, 2.45) is 0 Å². The van der Waals surface area contributed by atoms with Gasteiger partial charge in [0.2, 0.25) is 0 Å². The molecule has 0 fully saturated rings. The van der Waals surface area contributed by atoms with E-state index in [4.69, 9.17) is 19.3 Å². The van der Waals surface area contributed by atoms with Gasteiger partial charge in [-0.15, -0.1) is 0 Å². The maximum absolute atomic E-state index is 11.2. The molecule has 0 heterocycles. The Kier molecular flexibility index (Phi) is 13.5. The maximum atomic E-state index is 11.2. The first-order valence-electron chi connectivity index (χ1n) is 8.34. The molecule has 2 N–H and O–H groups in total. The number of unbranched alkanes of at least 4 members (excludes halogenated alkanes) is 7. The van der Waals surface area contributed by atoms with Crippen LogP contribution in [0.4, 0.5) is 0 Å². The van der Waals surface area contributed by atoms with Crippen LogP contribution < -0.4 is 0 Å². The van der Waals surface area contributed by atoms with Gasteiger partial charge >= 0.3 is 19.5 Å². The summed E-state index contributed by atoms with van der Waals surface area (Å²) >= 11 is 0. The van der Waals surface area contributed by atoms with Crippen molar-refractivity contribution in [1.29, 1.82) is 0 Å². The van der Waals surface area contributed by atoms with E-state index in [-0.39, 0.29) is 12.4 Å². The Balaban J connectivity index is 3.25. The minimum absolute atomic E-state index is 0.244. The lowest BCUT2D eigenvalue weighted by molar-refractivity contribution is -0.143. The molecule has 0 aliphatic heterocycles. The molecule has 0 radical (unpaired) electrons. The molecule has 0 aliphatic rings. The fourth-order valence-electron chi connectivity index (χ4n) is 1.99. The molecule has 0 aliphatic carbocycles. The molecular formula is C16H29O7P. The molecule has 0 amide bonds. The van der Waals surface area contributed by atoms with E-state index in [1.54, 1.807) is 0 Å². The molecule has 0 atom stereocenters. The summed E-state index contributed by atoms with van der Waals surface area (Å²) < 4.78 is 20.4. The molecule has 8 heteroatoms. The van der Waals surface area contributed by atoms with E-state index in [0.717, 1.165) is 57.4 Å². The molecule has 0 aromatic heterocycles. The van der Waals surface area contributed by atoms with Crippen LogP contribution in [0.25, 0.3) is 0 Å². The van der Waals surface area contributed by atoms with Crippen LogP contribution in [0.1, 0.15) is 57.8 Å². The molecule has 0 bridgehead atoms. The average Bonchev–Trinajstić information content (AvgIpc) is 2.52. The van der Waals surface area contributed by atoms with Gasteiger partial charge in [-0.05, 0) is 12.8 Å². The maximum Gasteiger partial charge on any atom is 0.330 e. The van der Waals surface area contributed by atoms with Crippen LogP contribution in [0.2, 0.25) is 0 Å². The van der Waals surface area contributed by atoms with Crippen LogP contribution >= 0.6 is 7.60 Å². The summed E-state index contributed by atoms with van der Waals surface area (Å²) in [6, 6.07) is 0. The van der Waals surface area contributed by atoms with Crippen LogP contribution in [-0.2, 0) is 23.6 Å². The molecule has 7 nitrogen and oxygen atoms in total. The highest BCUT2D eigenvalue weighted by Crippen LogP contribution is 2.34. The zero-order valence-electron chi connectivity index (χ0n) is 14.2. The highest BCUT2D eigenvalue weighted by Gasteiger charge is 2.15. The summed E-state index contributed by atoms with van der Waals surface area (Å²) in [6.07, 6.45) is 8.47. The first-order valence-corrected chi connectivity index (χ1v) is 10.1. The fraction of sp³-hybridized carbons (Fsp3) is 0.750. The number of rotatable bonds is 15. The quantitative estimate of drug-likeness (QED) is 0.199. The molecule has 0 saturated heterocycles. The van der Waals surface area contributed by atoms with Crippen molar-refractivity contribution < 1.29 is 33.4 Å². The summed E-state index contributed by atoms with van der Waals surface area (Å²) in [5, 5.41) is 0. The Hall–Kier alpha value is -1.17. The summed E-state index contributed by atoms with van der Waals surface area (Å²) in [5.41, 5.74) is 0. The van der Waals surface area contributed by atoms with Gasteiger partial charge in [-0.25, -0.2) is 4.79 Å². The molecule has 24 heavy (non-hydrogen) atoms. The minimum atomic E-state index is -4.12. The highest BCUT2D eigenvalue weighted by atomic mass is 31.2. The Labute approximate surface area is 143 Å². The number of hydrogen-bond acceptors (Lipinski definition) is 5. The second-order valence-electron chi connectivity index (χ2n) is 5.56. The SMILES string of the molecule is C=CC(=O)OCCCCCCCCCCOC(=O)CCP(=O)(O)O. The smallest absolute Gasteiger partial charge is 0.330 e. The first-order chi connectivity index (χ1) is 11.3. The van der Waals surface area contributed by atoms with Gasteiger partial charge in [-0.1, -0.05) is 45.1 Å². The van der Waals surface area contributed by atoms with Crippen LogP contribution in [-0.4, -0.2) is 41.1 Å². The molecule has 0 spiro atoms. The lowest BCUT2D eigenvalue weighted by atomic mass is 10.1. The summed E-state index contributed by atoms with van der Waals surface area (Å²) in [4.78, 5) is 39.3. The molecule has 0 aromatic carbocycles. The van der Waals surface area contributed by atoms with Crippen LogP contribution in [0.15, 0.2) is 12.7 Å². The van der Waals surface area contributed by atoms with Gasteiger partial charge in [-0.3, -0.25) is 9.36 Å². The number of ether oxygens (including phenoxy) is 2. The Bertz CT molecular complexity index is 417. The highest BCUT2D eigenvalue weighted by molar-refractivity contribution is 7.51. The summed E-state index contributed by atoms with van der Waals surface area (Å²) in [5.74, 6) is -0.937. The second kappa shape index (κ2) is 14.2. The zero-order valence-corrected chi connectivity index (χ0v) is 15.0. The predicted molar refractivity (Wildman–Crippen MR) is 90.6 cm³/mol. The lowest BCUT2D eigenvalue weighted by Crippen LogP contribution is -2.08. The molecule has 0 rings (SSSR count). The zero-order chi connectivity index (χ0) is 18.3. The van der Waals surface area contributed by atoms with Crippen molar-refractivity contribution in [2.45, 2.75) is 57.8 Å². The van der Waals surface area contributed by atoms with Gasteiger partial charge < -0.3 is 19.3 Å². The van der Waals surface area contributed by atoms with E-state index in [2.05, 4.69) is 6.58 Å². The normalized spacial score (nSPS) is 11.1. The van der Waals surface area contributed by atoms with Gasteiger partial charge in [0.25, 0.3) is 0 Å². The molecule has 0 saturated carbocycles. The van der Waals surface area contributed by atoms with Crippen molar-refractivity contribution in [1.82, 2.24) is 0 Å². The number of esters is 2. The van der Waals surface area contributed by atoms with Gasteiger partial charge in [0.1, 0.15) is 0 Å². The van der Waals surface area contributed by atoms with Crippen molar-refractivity contribution in [3.63, 3.8) is 0 Å². The number of carbonyl (C=O) groups is 2. The summed E-state index contributed by atoms with van der Waals surface area (Å²) in [7, 11) is -4.12. The van der Waals surface area contributed by atoms with E-state index in [1.807, 2.05) is 0 Å². The lowest BCUT2D eigenvalue weighted by Gasteiger charge is -2.06. The van der Waals surface area contributed by atoms with Gasteiger partial charge in [-0.2, -0.15) is 0 Å². The van der Waals surface area contributed by atoms with Crippen LogP contribution in [0.3, 0.4) is 0 Å². The number of hydrogen-bond donors (Lipinski definition) is 2. The monoisotopic (exact) mass is 364 g/mol. The van der Waals surface area contributed by atoms with Crippen LogP contribution in [0.5, 0.6) is 0 Å². The van der Waals surface area contributed by atoms with Crippen LogP contribution in [0, 0.1) is 0 Å². The first kappa shape index (κ1) is 22.8. The standard InChI is InChI=1S/C16H29O7P/c1-2-15(17)22-12-9-7-5-3-4-6-8-10-13-23-16(18)11-14-24(19,20)21/h2H,1,3-14H2,(H2,19,20,21). The Morgan fingerprint density at radius 1 is 0.875 bits per heavy atom. The topological polar surface area (TPSA) is 110 Å². The second-order valence-corrected chi connectivity index (χ2v) is 7.34. The van der Waals surface area contributed by atoms with E-state index in [1.165, 1.54) is 0 Å². The Morgan fingerprint density at radius 2 is 1.33 bits per heavy atom. The largest absolute Gasteiger partial charge is 0.466 e. The molecule has 0 unspecified atom stereocenters. The van der Waals surface area contributed by atoms with Crippen molar-refractivity contribution >= 4 is 19.5 Å². The molecule has 140 valence electrons. The third-order valence-corrected chi connectivity index (χ3v) is 4.13. The van der Waals surface area contributed by atoms with Crippen molar-refractivity contribution in [3.8, 4) is 0 Å².